The van der Waals surface area contributed by atoms with Gasteiger partial charge in [0.1, 0.15) is 0 Å². The number of likely N-dealkylation sites (tertiary alicyclic amines) is 1. The zero-order valence-corrected chi connectivity index (χ0v) is 16.1. The van der Waals surface area contributed by atoms with Crippen LogP contribution in [0.2, 0.25) is 0 Å². The Kier molecular flexibility index (Phi) is 10.5. The summed E-state index contributed by atoms with van der Waals surface area (Å²) in [4.78, 5) is 20.9. The van der Waals surface area contributed by atoms with Gasteiger partial charge in [-0.2, -0.15) is 0 Å². The van der Waals surface area contributed by atoms with Crippen LogP contribution in [0.1, 0.15) is 52.4 Å². The van der Waals surface area contributed by atoms with Gasteiger partial charge in [0, 0.05) is 40.3 Å². The van der Waals surface area contributed by atoms with Gasteiger partial charge in [0.05, 0.1) is 6.04 Å². The molecule has 2 N–H and O–H groups in total. The van der Waals surface area contributed by atoms with Crippen molar-refractivity contribution in [2.24, 2.45) is 4.99 Å². The molecule has 1 atom stereocenters. The second-order valence-corrected chi connectivity index (χ2v) is 6.67. The van der Waals surface area contributed by atoms with Crippen molar-refractivity contribution >= 4 is 11.9 Å². The van der Waals surface area contributed by atoms with Crippen molar-refractivity contribution < 1.29 is 4.79 Å². The van der Waals surface area contributed by atoms with E-state index in [4.69, 9.17) is 0 Å². The highest BCUT2D eigenvalue weighted by Gasteiger charge is 2.30. The van der Waals surface area contributed by atoms with E-state index in [1.165, 1.54) is 19.3 Å². The van der Waals surface area contributed by atoms with Crippen LogP contribution in [-0.2, 0) is 4.79 Å². The first kappa shape index (κ1) is 20.7. The van der Waals surface area contributed by atoms with Crippen LogP contribution in [0.4, 0.5) is 0 Å². The molecule has 1 aliphatic heterocycles. The predicted octanol–water partition coefficient (Wildman–Crippen LogP) is 1.67. The van der Waals surface area contributed by atoms with E-state index < -0.39 is 0 Å². The van der Waals surface area contributed by atoms with Gasteiger partial charge in [-0.25, -0.2) is 0 Å². The standard InChI is InChI=1S/C18H37N5O/c1-5-7-8-12-20-18(19-6-2)21-13-10-15-23-14-9-11-16(23)17(24)22(3)4/h16H,5-15H2,1-4H3,(H2,19,20,21). The van der Waals surface area contributed by atoms with E-state index in [9.17, 15) is 4.79 Å². The number of carbonyl (C=O) groups is 1. The van der Waals surface area contributed by atoms with Crippen LogP contribution in [0.5, 0.6) is 0 Å². The molecule has 1 rings (SSSR count). The minimum atomic E-state index is 0.0735. The Morgan fingerprint density at radius 1 is 1.21 bits per heavy atom. The highest BCUT2D eigenvalue weighted by molar-refractivity contribution is 5.81. The summed E-state index contributed by atoms with van der Waals surface area (Å²) in [5.74, 6) is 1.15. The fraction of sp³-hybridized carbons (Fsp3) is 0.889. The highest BCUT2D eigenvalue weighted by atomic mass is 16.2. The van der Waals surface area contributed by atoms with Gasteiger partial charge in [-0.05, 0) is 39.2 Å². The van der Waals surface area contributed by atoms with Crippen molar-refractivity contribution in [3.05, 3.63) is 0 Å². The van der Waals surface area contributed by atoms with Crippen molar-refractivity contribution in [1.29, 1.82) is 0 Å². The number of amides is 1. The molecule has 1 aliphatic rings. The van der Waals surface area contributed by atoms with Gasteiger partial charge in [0.15, 0.2) is 5.96 Å². The summed E-state index contributed by atoms with van der Waals surface area (Å²) < 4.78 is 0. The number of aliphatic imine (C=N–C) groups is 1. The van der Waals surface area contributed by atoms with E-state index in [-0.39, 0.29) is 11.9 Å². The fourth-order valence-corrected chi connectivity index (χ4v) is 3.06. The molecule has 140 valence electrons. The van der Waals surface area contributed by atoms with Crippen LogP contribution in [0.25, 0.3) is 0 Å². The number of carbonyl (C=O) groups excluding carboxylic acids is 1. The zero-order chi connectivity index (χ0) is 17.8. The van der Waals surface area contributed by atoms with Crippen molar-refractivity contribution in [3.63, 3.8) is 0 Å². The molecule has 24 heavy (non-hydrogen) atoms. The maximum Gasteiger partial charge on any atom is 0.239 e. The lowest BCUT2D eigenvalue weighted by Crippen LogP contribution is -2.43. The third-order valence-electron chi connectivity index (χ3n) is 4.38. The number of unbranched alkanes of at least 4 members (excludes halogenated alkanes) is 2. The largest absolute Gasteiger partial charge is 0.357 e. The molecular formula is C18H37N5O. The maximum atomic E-state index is 12.2. The van der Waals surface area contributed by atoms with Gasteiger partial charge < -0.3 is 15.5 Å². The van der Waals surface area contributed by atoms with Crippen LogP contribution in [0.15, 0.2) is 4.99 Å². The van der Waals surface area contributed by atoms with E-state index in [2.05, 4.69) is 34.4 Å². The van der Waals surface area contributed by atoms with E-state index in [0.29, 0.717) is 0 Å². The lowest BCUT2D eigenvalue weighted by atomic mass is 10.2. The van der Waals surface area contributed by atoms with Crippen molar-refractivity contribution in [2.45, 2.75) is 58.4 Å². The molecule has 6 nitrogen and oxygen atoms in total. The molecule has 0 bridgehead atoms. The van der Waals surface area contributed by atoms with E-state index in [0.717, 1.165) is 57.9 Å². The van der Waals surface area contributed by atoms with Gasteiger partial charge in [-0.1, -0.05) is 19.8 Å². The minimum absolute atomic E-state index is 0.0735. The molecule has 0 aromatic rings. The number of nitrogens with one attached hydrogen (secondary N) is 2. The molecule has 1 heterocycles. The van der Waals surface area contributed by atoms with E-state index in [1.54, 1.807) is 4.90 Å². The summed E-state index contributed by atoms with van der Waals surface area (Å²) in [5, 5.41) is 6.68. The average molecular weight is 340 g/mol. The Bertz CT molecular complexity index is 384. The van der Waals surface area contributed by atoms with Crippen LogP contribution < -0.4 is 10.6 Å². The summed E-state index contributed by atoms with van der Waals surface area (Å²) in [7, 11) is 3.69. The Labute approximate surface area is 148 Å². The van der Waals surface area contributed by atoms with Gasteiger partial charge in [0.25, 0.3) is 0 Å². The molecule has 1 unspecified atom stereocenters. The topological polar surface area (TPSA) is 60.0 Å². The lowest BCUT2D eigenvalue weighted by Gasteiger charge is -2.25. The summed E-state index contributed by atoms with van der Waals surface area (Å²) in [5.41, 5.74) is 0. The average Bonchev–Trinajstić information content (AvgIpc) is 3.02. The number of guanidine groups is 1. The van der Waals surface area contributed by atoms with Crippen molar-refractivity contribution in [1.82, 2.24) is 20.4 Å². The number of hydrogen-bond donors (Lipinski definition) is 2. The van der Waals surface area contributed by atoms with E-state index >= 15 is 0 Å². The summed E-state index contributed by atoms with van der Waals surface area (Å²) in [6, 6.07) is 0.0735. The Balaban J connectivity index is 2.33. The van der Waals surface area contributed by atoms with Crippen molar-refractivity contribution in [3.8, 4) is 0 Å². The Morgan fingerprint density at radius 2 is 2.00 bits per heavy atom. The van der Waals surface area contributed by atoms with Crippen LogP contribution in [0.3, 0.4) is 0 Å². The second-order valence-electron chi connectivity index (χ2n) is 6.67. The predicted molar refractivity (Wildman–Crippen MR) is 101 cm³/mol. The number of hydrogen-bond acceptors (Lipinski definition) is 3. The summed E-state index contributed by atoms with van der Waals surface area (Å²) >= 11 is 0. The first-order valence-corrected chi connectivity index (χ1v) is 9.57. The molecular weight excluding hydrogens is 302 g/mol. The van der Waals surface area contributed by atoms with E-state index in [1.807, 2.05) is 14.1 Å². The third-order valence-corrected chi connectivity index (χ3v) is 4.38. The second kappa shape index (κ2) is 12.1. The molecule has 6 heteroatoms. The Morgan fingerprint density at radius 3 is 2.67 bits per heavy atom. The quantitative estimate of drug-likeness (QED) is 0.361. The summed E-state index contributed by atoms with van der Waals surface area (Å²) in [6.07, 6.45) is 6.77. The van der Waals surface area contributed by atoms with Gasteiger partial charge >= 0.3 is 0 Å². The number of rotatable bonds is 10. The molecule has 0 radical (unpaired) electrons. The number of likely N-dealkylation sites (N-methyl/N-ethyl adjacent to an activating group) is 1. The molecule has 0 saturated carbocycles. The first-order chi connectivity index (χ1) is 11.6. The molecule has 0 aromatic heterocycles. The first-order valence-electron chi connectivity index (χ1n) is 9.57. The van der Waals surface area contributed by atoms with Crippen molar-refractivity contribution in [2.75, 3.05) is 46.8 Å². The molecule has 0 aliphatic carbocycles. The monoisotopic (exact) mass is 339 g/mol. The van der Waals surface area contributed by atoms with Crippen LogP contribution in [0, 0.1) is 0 Å². The smallest absolute Gasteiger partial charge is 0.239 e. The molecule has 1 amide bonds. The number of nitrogens with zero attached hydrogens (tertiary/aromatic N) is 3. The zero-order valence-electron chi connectivity index (χ0n) is 16.1. The SMILES string of the molecule is CCCCCNC(=NCCCN1CCCC1C(=O)N(C)C)NCC. The van der Waals surface area contributed by atoms with Crippen LogP contribution in [-0.4, -0.2) is 74.5 Å². The molecule has 1 saturated heterocycles. The molecule has 1 fully saturated rings. The highest BCUT2D eigenvalue weighted by Crippen LogP contribution is 2.18. The fourth-order valence-electron chi connectivity index (χ4n) is 3.06. The lowest BCUT2D eigenvalue weighted by molar-refractivity contribution is -0.133. The van der Waals surface area contributed by atoms with Gasteiger partial charge in [-0.15, -0.1) is 0 Å². The normalized spacial score (nSPS) is 18.7. The molecule has 0 spiro atoms. The third kappa shape index (κ3) is 7.51. The molecule has 0 aromatic carbocycles. The van der Waals surface area contributed by atoms with Gasteiger partial charge in [-0.3, -0.25) is 14.7 Å². The Hall–Kier alpha value is -1.30. The van der Waals surface area contributed by atoms with Crippen LogP contribution >= 0.6 is 0 Å². The minimum Gasteiger partial charge on any atom is -0.357 e. The van der Waals surface area contributed by atoms with Gasteiger partial charge in [0.2, 0.25) is 5.91 Å². The maximum absolute atomic E-state index is 12.2. The summed E-state index contributed by atoms with van der Waals surface area (Å²) in [6.45, 7) is 8.93.